The average Bonchev–Trinajstić information content (AvgIpc) is 2.80. The monoisotopic (exact) mass is 372 g/mol. The summed E-state index contributed by atoms with van der Waals surface area (Å²) in [6.07, 6.45) is 2.77. The summed E-state index contributed by atoms with van der Waals surface area (Å²) in [5, 5.41) is 0. The summed E-state index contributed by atoms with van der Waals surface area (Å²) in [6.45, 7) is 4.33. The van der Waals surface area contributed by atoms with Crippen LogP contribution in [0.5, 0.6) is 0 Å². The van der Waals surface area contributed by atoms with Crippen LogP contribution in [0.15, 0.2) is 22.8 Å². The number of anilines is 1. The van der Waals surface area contributed by atoms with E-state index in [1.807, 2.05) is 26.2 Å². The van der Waals surface area contributed by atoms with Gasteiger partial charge in [0.1, 0.15) is 5.82 Å². The third-order valence-corrected chi connectivity index (χ3v) is 4.97. The van der Waals surface area contributed by atoms with Crippen molar-refractivity contribution in [3.63, 3.8) is 0 Å². The Labute approximate surface area is 143 Å². The van der Waals surface area contributed by atoms with Crippen molar-refractivity contribution >= 4 is 27.7 Å². The normalized spacial score (nSPS) is 16.6. The Balaban J connectivity index is 1.70. The minimum Gasteiger partial charge on any atom is -0.352 e. The lowest BCUT2D eigenvalue weighted by Crippen LogP contribution is -2.32. The quantitative estimate of drug-likeness (QED) is 0.771. The van der Waals surface area contributed by atoms with Crippen molar-refractivity contribution in [2.75, 3.05) is 18.5 Å². The zero-order valence-corrected chi connectivity index (χ0v) is 14.7. The van der Waals surface area contributed by atoms with Gasteiger partial charge in [-0.2, -0.15) is 0 Å². The summed E-state index contributed by atoms with van der Waals surface area (Å²) in [4.78, 5) is 25.4. The molecular formula is C17H17BrN4O. The van der Waals surface area contributed by atoms with Gasteiger partial charge in [-0.05, 0) is 46.1 Å². The number of pyridine rings is 2. The first-order valence-corrected chi connectivity index (χ1v) is 8.46. The number of aryl methyl sites for hydroxylation is 1. The van der Waals surface area contributed by atoms with E-state index < -0.39 is 0 Å². The van der Waals surface area contributed by atoms with E-state index in [1.54, 1.807) is 4.90 Å². The summed E-state index contributed by atoms with van der Waals surface area (Å²) < 4.78 is 1.00. The first kappa shape index (κ1) is 14.6. The van der Waals surface area contributed by atoms with Crippen LogP contribution >= 0.6 is 15.9 Å². The second kappa shape index (κ2) is 5.30. The van der Waals surface area contributed by atoms with Gasteiger partial charge in [0.25, 0.3) is 5.91 Å². The molecule has 0 fully saturated rings. The van der Waals surface area contributed by atoms with Crippen molar-refractivity contribution in [3.05, 3.63) is 50.9 Å². The summed E-state index contributed by atoms with van der Waals surface area (Å²) >= 11 is 3.50. The molecule has 0 N–H and O–H groups in total. The molecular weight excluding hydrogens is 356 g/mol. The predicted octanol–water partition coefficient (Wildman–Crippen LogP) is 2.70. The SMILES string of the molecule is Cc1cc2c(nc1N1CCc3ncc(Br)cc3C1)CN(C)C2=O. The van der Waals surface area contributed by atoms with Gasteiger partial charge >= 0.3 is 0 Å². The molecule has 0 atom stereocenters. The number of carbonyl (C=O) groups is 1. The number of amides is 1. The van der Waals surface area contributed by atoms with Crippen LogP contribution in [0.25, 0.3) is 0 Å². The predicted molar refractivity (Wildman–Crippen MR) is 91.5 cm³/mol. The molecule has 6 heteroatoms. The first-order valence-electron chi connectivity index (χ1n) is 7.67. The van der Waals surface area contributed by atoms with Crippen LogP contribution in [0.1, 0.15) is 32.9 Å². The maximum Gasteiger partial charge on any atom is 0.255 e. The van der Waals surface area contributed by atoms with Crippen molar-refractivity contribution in [1.29, 1.82) is 0 Å². The number of halogens is 1. The fourth-order valence-corrected chi connectivity index (χ4v) is 3.73. The van der Waals surface area contributed by atoms with Gasteiger partial charge in [0.15, 0.2) is 0 Å². The van der Waals surface area contributed by atoms with E-state index in [4.69, 9.17) is 4.98 Å². The Morgan fingerprint density at radius 2 is 2.04 bits per heavy atom. The fraction of sp³-hybridized carbons (Fsp3) is 0.353. The van der Waals surface area contributed by atoms with E-state index in [1.165, 1.54) is 5.56 Å². The van der Waals surface area contributed by atoms with Crippen molar-refractivity contribution in [3.8, 4) is 0 Å². The zero-order valence-electron chi connectivity index (χ0n) is 13.1. The molecule has 4 rings (SSSR count). The summed E-state index contributed by atoms with van der Waals surface area (Å²) in [5.74, 6) is 1.05. The van der Waals surface area contributed by atoms with Crippen LogP contribution in [0.4, 0.5) is 5.82 Å². The molecule has 2 aliphatic heterocycles. The number of nitrogens with zero attached hydrogens (tertiary/aromatic N) is 4. The summed E-state index contributed by atoms with van der Waals surface area (Å²) in [5.41, 5.74) is 5.09. The zero-order chi connectivity index (χ0) is 16.1. The number of fused-ring (bicyclic) bond motifs is 2. The minimum absolute atomic E-state index is 0.0688. The number of aromatic nitrogens is 2. The Hall–Kier alpha value is -1.95. The van der Waals surface area contributed by atoms with E-state index in [2.05, 4.69) is 31.9 Å². The highest BCUT2D eigenvalue weighted by Gasteiger charge is 2.28. The summed E-state index contributed by atoms with van der Waals surface area (Å²) in [7, 11) is 1.82. The molecule has 2 aromatic heterocycles. The Kier molecular flexibility index (Phi) is 3.37. The average molecular weight is 373 g/mol. The van der Waals surface area contributed by atoms with Crippen molar-refractivity contribution in [2.24, 2.45) is 0 Å². The Bertz CT molecular complexity index is 820. The lowest BCUT2D eigenvalue weighted by Gasteiger charge is -2.30. The molecule has 0 bridgehead atoms. The van der Waals surface area contributed by atoms with Crippen molar-refractivity contribution in [1.82, 2.24) is 14.9 Å². The first-order chi connectivity index (χ1) is 11.0. The third-order valence-electron chi connectivity index (χ3n) is 4.54. The van der Waals surface area contributed by atoms with Gasteiger partial charge in [-0.3, -0.25) is 9.78 Å². The molecule has 0 aliphatic carbocycles. The van der Waals surface area contributed by atoms with Crippen molar-refractivity contribution < 1.29 is 4.79 Å². The maximum atomic E-state index is 12.1. The van der Waals surface area contributed by atoms with Crippen LogP contribution in [0, 0.1) is 6.92 Å². The molecule has 0 aromatic carbocycles. The van der Waals surface area contributed by atoms with Gasteiger partial charge in [0, 0.05) is 42.9 Å². The molecule has 0 radical (unpaired) electrons. The molecule has 1 amide bonds. The fourth-order valence-electron chi connectivity index (χ4n) is 3.35. The van der Waals surface area contributed by atoms with E-state index in [9.17, 15) is 4.79 Å². The highest BCUT2D eigenvalue weighted by atomic mass is 79.9. The molecule has 23 heavy (non-hydrogen) atoms. The van der Waals surface area contributed by atoms with Crippen molar-refractivity contribution in [2.45, 2.75) is 26.4 Å². The van der Waals surface area contributed by atoms with Crippen LogP contribution in [0.2, 0.25) is 0 Å². The van der Waals surface area contributed by atoms with E-state index >= 15 is 0 Å². The van der Waals surface area contributed by atoms with Crippen LogP contribution in [0.3, 0.4) is 0 Å². The second-order valence-electron chi connectivity index (χ2n) is 6.22. The topological polar surface area (TPSA) is 49.3 Å². The highest BCUT2D eigenvalue weighted by molar-refractivity contribution is 9.10. The van der Waals surface area contributed by atoms with Gasteiger partial charge in [-0.1, -0.05) is 0 Å². The Morgan fingerprint density at radius 3 is 2.87 bits per heavy atom. The molecule has 0 saturated carbocycles. The molecule has 2 aliphatic rings. The largest absolute Gasteiger partial charge is 0.352 e. The van der Waals surface area contributed by atoms with Crippen LogP contribution < -0.4 is 4.90 Å². The van der Waals surface area contributed by atoms with E-state index in [-0.39, 0.29) is 5.91 Å². The van der Waals surface area contributed by atoms with Gasteiger partial charge in [-0.15, -0.1) is 0 Å². The lowest BCUT2D eigenvalue weighted by atomic mass is 10.0. The van der Waals surface area contributed by atoms with E-state index in [0.29, 0.717) is 6.54 Å². The van der Waals surface area contributed by atoms with E-state index in [0.717, 1.165) is 52.3 Å². The van der Waals surface area contributed by atoms with Gasteiger partial charge in [-0.25, -0.2) is 4.98 Å². The minimum atomic E-state index is 0.0688. The Morgan fingerprint density at radius 1 is 1.22 bits per heavy atom. The molecule has 5 nitrogen and oxygen atoms in total. The molecule has 0 unspecified atom stereocenters. The standard InChI is InChI=1S/C17H17BrN4O/c1-10-5-13-15(9-21(2)17(13)23)20-16(10)22-4-3-14-11(8-22)6-12(18)7-19-14/h5-7H,3-4,8-9H2,1-2H3. The third kappa shape index (κ3) is 2.41. The summed E-state index contributed by atoms with van der Waals surface area (Å²) in [6, 6.07) is 4.12. The maximum absolute atomic E-state index is 12.1. The molecule has 0 spiro atoms. The highest BCUT2D eigenvalue weighted by Crippen LogP contribution is 2.30. The molecule has 0 saturated heterocycles. The van der Waals surface area contributed by atoms with Crippen LogP contribution in [-0.2, 0) is 19.5 Å². The number of carbonyl (C=O) groups excluding carboxylic acids is 1. The van der Waals surface area contributed by atoms with Gasteiger partial charge in [0.05, 0.1) is 17.8 Å². The molecule has 4 heterocycles. The number of hydrogen-bond acceptors (Lipinski definition) is 4. The number of hydrogen-bond donors (Lipinski definition) is 0. The van der Waals surface area contributed by atoms with Gasteiger partial charge in [0.2, 0.25) is 0 Å². The molecule has 2 aromatic rings. The lowest BCUT2D eigenvalue weighted by molar-refractivity contribution is 0.0816. The molecule has 118 valence electrons. The second-order valence-corrected chi connectivity index (χ2v) is 7.13. The van der Waals surface area contributed by atoms with Crippen LogP contribution in [-0.4, -0.2) is 34.4 Å². The van der Waals surface area contributed by atoms with Gasteiger partial charge < -0.3 is 9.80 Å². The number of rotatable bonds is 1. The smallest absolute Gasteiger partial charge is 0.255 e.